The van der Waals surface area contributed by atoms with Crippen LogP contribution in [0.25, 0.3) is 11.0 Å². The van der Waals surface area contributed by atoms with Crippen LogP contribution in [0, 0.1) is 5.82 Å². The van der Waals surface area contributed by atoms with E-state index in [0.29, 0.717) is 11.0 Å². The van der Waals surface area contributed by atoms with Crippen LogP contribution < -0.4 is 10.4 Å². The summed E-state index contributed by atoms with van der Waals surface area (Å²) in [6.07, 6.45) is 2.12. The number of halogens is 1. The number of H-pyrrole nitrogens is 2. The highest BCUT2D eigenvalue weighted by Crippen LogP contribution is 2.25. The van der Waals surface area contributed by atoms with Gasteiger partial charge in [-0.25, -0.2) is 22.3 Å². The van der Waals surface area contributed by atoms with Crippen molar-refractivity contribution < 1.29 is 12.8 Å². The molecule has 7 nitrogen and oxygen atoms in total. The fraction of sp³-hybridized carbons (Fsp3) is 0.316. The zero-order chi connectivity index (χ0) is 19.7. The highest BCUT2D eigenvalue weighted by atomic mass is 32.2. The van der Waals surface area contributed by atoms with E-state index >= 15 is 0 Å². The minimum Gasteiger partial charge on any atom is -0.306 e. The maximum Gasteiger partial charge on any atom is 0.323 e. The third-order valence-corrected chi connectivity index (χ3v) is 6.52. The second kappa shape index (κ2) is 7.50. The third-order valence-electron chi connectivity index (χ3n) is 5.10. The Morgan fingerprint density at radius 1 is 1.04 bits per heavy atom. The normalized spacial score (nSPS) is 16.6. The molecular weight excluding hydrogens is 383 g/mol. The van der Waals surface area contributed by atoms with Crippen LogP contribution in [0.4, 0.5) is 4.39 Å². The van der Waals surface area contributed by atoms with E-state index in [1.54, 1.807) is 18.2 Å². The first-order valence-corrected chi connectivity index (χ1v) is 10.6. The summed E-state index contributed by atoms with van der Waals surface area (Å²) < 4.78 is 41.6. The van der Waals surface area contributed by atoms with Gasteiger partial charge in [0.2, 0.25) is 10.0 Å². The van der Waals surface area contributed by atoms with E-state index in [1.807, 2.05) is 0 Å². The van der Waals surface area contributed by atoms with Crippen LogP contribution in [0.15, 0.2) is 52.2 Å². The van der Waals surface area contributed by atoms with Gasteiger partial charge >= 0.3 is 5.69 Å². The SMILES string of the molecule is O=c1[nH]c2ccc(S(=O)(=O)NC[C@H](c3ccc(F)cc3)N3CCCC3)cc2[nH]1. The molecule has 0 radical (unpaired) electrons. The number of hydrogen-bond acceptors (Lipinski definition) is 4. The standard InChI is InChI=1S/C19H21FN4O3S/c20-14-5-3-13(4-6-14)18(24-9-1-2-10-24)12-21-28(26,27)15-7-8-16-17(11-15)23-19(25)22-16/h3-8,11,18,21H,1-2,9-10,12H2,(H2,22,23,25)/t18-/m1/s1. The smallest absolute Gasteiger partial charge is 0.306 e. The Morgan fingerprint density at radius 2 is 1.71 bits per heavy atom. The quantitative estimate of drug-likeness (QED) is 0.586. The average Bonchev–Trinajstić information content (AvgIpc) is 3.31. The number of aromatic amines is 2. The monoisotopic (exact) mass is 404 g/mol. The lowest BCUT2D eigenvalue weighted by molar-refractivity contribution is 0.246. The number of nitrogens with one attached hydrogen (secondary N) is 3. The molecule has 0 aliphatic carbocycles. The molecule has 1 atom stereocenters. The molecule has 0 saturated carbocycles. The van der Waals surface area contributed by atoms with Gasteiger partial charge in [-0.15, -0.1) is 0 Å². The van der Waals surface area contributed by atoms with Crippen molar-refractivity contribution in [2.24, 2.45) is 0 Å². The van der Waals surface area contributed by atoms with Gasteiger partial charge in [-0.1, -0.05) is 12.1 Å². The van der Waals surface area contributed by atoms with Gasteiger partial charge in [0.1, 0.15) is 5.82 Å². The molecule has 1 aliphatic heterocycles. The van der Waals surface area contributed by atoms with E-state index in [2.05, 4.69) is 19.6 Å². The van der Waals surface area contributed by atoms with Gasteiger partial charge in [0.25, 0.3) is 0 Å². The van der Waals surface area contributed by atoms with Crippen molar-refractivity contribution in [3.05, 3.63) is 64.3 Å². The molecule has 2 heterocycles. The second-order valence-corrected chi connectivity index (χ2v) is 8.72. The number of hydrogen-bond donors (Lipinski definition) is 3. The molecular formula is C19H21FN4O3S. The zero-order valence-corrected chi connectivity index (χ0v) is 15.9. The van der Waals surface area contributed by atoms with Crippen LogP contribution in [-0.4, -0.2) is 42.9 Å². The molecule has 28 heavy (non-hydrogen) atoms. The molecule has 2 aromatic carbocycles. The van der Waals surface area contributed by atoms with Crippen molar-refractivity contribution in [1.29, 1.82) is 0 Å². The molecule has 0 spiro atoms. The number of benzene rings is 2. The summed E-state index contributed by atoms with van der Waals surface area (Å²) in [5.41, 5.74) is 1.46. The number of aromatic nitrogens is 2. The molecule has 1 fully saturated rings. The Balaban J connectivity index is 1.57. The van der Waals surface area contributed by atoms with Crippen LogP contribution in [0.2, 0.25) is 0 Å². The topological polar surface area (TPSA) is 98.1 Å². The summed E-state index contributed by atoms with van der Waals surface area (Å²) in [4.78, 5) is 18.8. The summed E-state index contributed by atoms with van der Waals surface area (Å²) in [5.74, 6) is -0.321. The molecule has 1 aliphatic rings. The minimum absolute atomic E-state index is 0.0783. The Morgan fingerprint density at radius 3 is 2.43 bits per heavy atom. The van der Waals surface area contributed by atoms with Crippen molar-refractivity contribution in [3.8, 4) is 0 Å². The van der Waals surface area contributed by atoms with Gasteiger partial charge in [0, 0.05) is 12.6 Å². The van der Waals surface area contributed by atoms with E-state index in [-0.39, 0.29) is 29.0 Å². The van der Waals surface area contributed by atoms with Gasteiger partial charge < -0.3 is 9.97 Å². The molecule has 1 aromatic heterocycles. The van der Waals surface area contributed by atoms with Crippen LogP contribution in [0.3, 0.4) is 0 Å². The zero-order valence-electron chi connectivity index (χ0n) is 15.1. The fourth-order valence-corrected chi connectivity index (χ4v) is 4.71. The molecule has 4 rings (SSSR count). The predicted octanol–water partition coefficient (Wildman–Crippen LogP) is 2.11. The third kappa shape index (κ3) is 3.87. The summed E-state index contributed by atoms with van der Waals surface area (Å²) >= 11 is 0. The Labute approximate surface area is 161 Å². The lowest BCUT2D eigenvalue weighted by Gasteiger charge is -2.28. The predicted molar refractivity (Wildman–Crippen MR) is 104 cm³/mol. The number of sulfonamides is 1. The number of fused-ring (bicyclic) bond motifs is 1. The number of imidazole rings is 1. The van der Waals surface area contributed by atoms with E-state index in [4.69, 9.17) is 0 Å². The maximum absolute atomic E-state index is 13.3. The van der Waals surface area contributed by atoms with Crippen molar-refractivity contribution >= 4 is 21.1 Å². The van der Waals surface area contributed by atoms with Crippen LogP contribution in [0.5, 0.6) is 0 Å². The van der Waals surface area contributed by atoms with Crippen LogP contribution in [0.1, 0.15) is 24.4 Å². The second-order valence-electron chi connectivity index (χ2n) is 6.95. The lowest BCUT2D eigenvalue weighted by Crippen LogP contribution is -2.36. The van der Waals surface area contributed by atoms with Gasteiger partial charge in [-0.3, -0.25) is 4.90 Å². The van der Waals surface area contributed by atoms with E-state index in [9.17, 15) is 17.6 Å². The summed E-state index contributed by atoms with van der Waals surface area (Å²) in [7, 11) is -3.77. The van der Waals surface area contributed by atoms with Crippen molar-refractivity contribution in [2.75, 3.05) is 19.6 Å². The highest BCUT2D eigenvalue weighted by molar-refractivity contribution is 7.89. The number of rotatable bonds is 6. The largest absolute Gasteiger partial charge is 0.323 e. The molecule has 148 valence electrons. The van der Waals surface area contributed by atoms with Gasteiger partial charge in [-0.2, -0.15) is 0 Å². The van der Waals surface area contributed by atoms with Gasteiger partial charge in [0.05, 0.1) is 15.9 Å². The number of likely N-dealkylation sites (tertiary alicyclic amines) is 1. The average molecular weight is 404 g/mol. The maximum atomic E-state index is 13.3. The Kier molecular flexibility index (Phi) is 5.05. The van der Waals surface area contributed by atoms with Gasteiger partial charge in [0.15, 0.2) is 0 Å². The Bertz CT molecular complexity index is 1130. The van der Waals surface area contributed by atoms with E-state index in [1.165, 1.54) is 24.3 Å². The van der Waals surface area contributed by atoms with Crippen molar-refractivity contribution in [3.63, 3.8) is 0 Å². The van der Waals surface area contributed by atoms with E-state index < -0.39 is 10.0 Å². The highest BCUT2D eigenvalue weighted by Gasteiger charge is 2.26. The van der Waals surface area contributed by atoms with Crippen molar-refractivity contribution in [1.82, 2.24) is 19.6 Å². The molecule has 0 bridgehead atoms. The minimum atomic E-state index is -3.77. The van der Waals surface area contributed by atoms with Gasteiger partial charge in [-0.05, 0) is 61.8 Å². The lowest BCUT2D eigenvalue weighted by atomic mass is 10.1. The molecule has 3 aromatic rings. The first kappa shape index (κ1) is 18.9. The molecule has 1 saturated heterocycles. The fourth-order valence-electron chi connectivity index (χ4n) is 3.65. The summed E-state index contributed by atoms with van der Waals surface area (Å²) in [5, 5.41) is 0. The molecule has 0 amide bonds. The summed E-state index contributed by atoms with van der Waals surface area (Å²) in [6, 6.07) is 10.4. The first-order chi connectivity index (χ1) is 13.4. The molecule has 0 unspecified atom stereocenters. The first-order valence-electron chi connectivity index (χ1n) is 9.14. The van der Waals surface area contributed by atoms with Crippen LogP contribution in [-0.2, 0) is 10.0 Å². The molecule has 3 N–H and O–H groups in total. The van der Waals surface area contributed by atoms with Crippen molar-refractivity contribution in [2.45, 2.75) is 23.8 Å². The van der Waals surface area contributed by atoms with Crippen LogP contribution >= 0.6 is 0 Å². The molecule has 9 heteroatoms. The Hall–Kier alpha value is -2.49. The van der Waals surface area contributed by atoms with E-state index in [0.717, 1.165) is 31.5 Å². The summed E-state index contributed by atoms with van der Waals surface area (Å²) in [6.45, 7) is 1.93. The number of nitrogens with zero attached hydrogens (tertiary/aromatic N) is 1.